The Morgan fingerprint density at radius 2 is 1.13 bits per heavy atom. The predicted octanol–water partition coefficient (Wildman–Crippen LogP) is 6.12. The molecule has 2 aromatic carbocycles. The van der Waals surface area contributed by atoms with Gasteiger partial charge in [0.1, 0.15) is 5.69 Å². The van der Waals surface area contributed by atoms with Gasteiger partial charge in [0, 0.05) is 69.0 Å². The number of rotatable bonds is 4. The molecule has 5 rings (SSSR count). The lowest BCUT2D eigenvalue weighted by Gasteiger charge is -2.36. The van der Waals surface area contributed by atoms with Crippen molar-refractivity contribution in [2.24, 2.45) is 0 Å². The van der Waals surface area contributed by atoms with Crippen molar-refractivity contribution in [3.8, 4) is 0 Å². The summed E-state index contributed by atoms with van der Waals surface area (Å²) in [7, 11) is 0. The Morgan fingerprint density at radius 1 is 0.622 bits per heavy atom. The van der Waals surface area contributed by atoms with E-state index in [1.54, 1.807) is 26.1 Å². The number of benzene rings is 2. The zero-order valence-corrected chi connectivity index (χ0v) is 24.0. The molecule has 0 unspecified atom stereocenters. The average molecular weight is 666 g/mol. The number of piperazine rings is 2. The van der Waals surface area contributed by atoms with Crippen LogP contribution in [0.5, 0.6) is 0 Å². The van der Waals surface area contributed by atoms with Gasteiger partial charge in [-0.25, -0.2) is 4.98 Å². The fraction of sp³-hybridized carbons (Fsp3) is 0.393. The highest BCUT2D eigenvalue weighted by Gasteiger charge is 2.38. The predicted molar refractivity (Wildman–Crippen MR) is 146 cm³/mol. The molecule has 242 valence electrons. The summed E-state index contributed by atoms with van der Waals surface area (Å²) in [6.07, 6.45) is -14.6. The third kappa shape index (κ3) is 7.28. The summed E-state index contributed by atoms with van der Waals surface area (Å²) < 4.78 is 119. The van der Waals surface area contributed by atoms with E-state index in [4.69, 9.17) is 0 Å². The summed E-state index contributed by atoms with van der Waals surface area (Å²) in [6.45, 7) is 1.49. The van der Waals surface area contributed by atoms with E-state index in [2.05, 4.69) is 4.98 Å². The van der Waals surface area contributed by atoms with Gasteiger partial charge in [0.05, 0.1) is 16.7 Å². The molecule has 0 bridgehead atoms. The molecule has 0 spiro atoms. The van der Waals surface area contributed by atoms with Crippen molar-refractivity contribution < 1.29 is 49.1 Å². The third-order valence-electron chi connectivity index (χ3n) is 7.49. The van der Waals surface area contributed by atoms with E-state index < -0.39 is 46.7 Å². The summed E-state index contributed by atoms with van der Waals surface area (Å²) in [5.74, 6) is -1.33. The number of alkyl halides is 9. The van der Waals surface area contributed by atoms with Crippen LogP contribution in [0.4, 0.5) is 50.3 Å². The number of aromatic nitrogens is 1. The van der Waals surface area contributed by atoms with Crippen molar-refractivity contribution in [3.05, 3.63) is 75.8 Å². The second kappa shape index (κ2) is 12.1. The second-order valence-corrected chi connectivity index (χ2v) is 11.3. The van der Waals surface area contributed by atoms with Crippen LogP contribution < -0.4 is 9.80 Å². The topological polar surface area (TPSA) is 60.0 Å². The average Bonchev–Trinajstić information content (AvgIpc) is 3.49. The molecule has 2 aliphatic heterocycles. The standard InChI is InChI=1S/C28H24F9N5O2S/c29-26(30,31)18-2-1-3-21(15-18)39-4-6-41(7-5-39)24(44)22-16-45-25(38-22)42-10-8-40(9-11-42)23(43)17-12-19(27(32,33)34)14-20(13-17)28(35,36)37/h1-3,12-16H,4-11H2. The van der Waals surface area contributed by atoms with E-state index in [0.717, 1.165) is 28.4 Å². The first-order chi connectivity index (χ1) is 21.0. The minimum Gasteiger partial charge on any atom is -0.368 e. The molecule has 45 heavy (non-hydrogen) atoms. The highest BCUT2D eigenvalue weighted by Crippen LogP contribution is 2.37. The van der Waals surface area contributed by atoms with Crippen molar-refractivity contribution in [2.45, 2.75) is 18.5 Å². The van der Waals surface area contributed by atoms with Crippen LogP contribution >= 0.6 is 11.3 Å². The maximum Gasteiger partial charge on any atom is 0.416 e. The van der Waals surface area contributed by atoms with Crippen LogP contribution in [0.3, 0.4) is 0 Å². The Hall–Kier alpha value is -4.02. The van der Waals surface area contributed by atoms with Gasteiger partial charge in [0.25, 0.3) is 11.8 Å². The Morgan fingerprint density at radius 3 is 1.67 bits per heavy atom. The second-order valence-electron chi connectivity index (χ2n) is 10.4. The number of hydrogen-bond donors (Lipinski definition) is 0. The molecule has 0 aliphatic carbocycles. The molecule has 7 nitrogen and oxygen atoms in total. The molecule has 0 N–H and O–H groups in total. The number of carbonyl (C=O) groups excluding carboxylic acids is 2. The highest BCUT2D eigenvalue weighted by atomic mass is 32.1. The van der Waals surface area contributed by atoms with E-state index >= 15 is 0 Å². The zero-order chi connectivity index (χ0) is 32.7. The van der Waals surface area contributed by atoms with Crippen LogP contribution in [0, 0.1) is 0 Å². The van der Waals surface area contributed by atoms with E-state index in [1.165, 1.54) is 6.07 Å². The van der Waals surface area contributed by atoms with E-state index in [1.807, 2.05) is 0 Å². The molecular formula is C28H24F9N5O2S. The van der Waals surface area contributed by atoms with Crippen LogP contribution in [0.25, 0.3) is 0 Å². The van der Waals surface area contributed by atoms with Crippen molar-refractivity contribution in [1.29, 1.82) is 0 Å². The number of hydrogen-bond acceptors (Lipinski definition) is 6. The molecule has 2 amide bonds. The minimum atomic E-state index is -5.08. The quantitative estimate of drug-likeness (QED) is 0.315. The van der Waals surface area contributed by atoms with Gasteiger partial charge in [-0.1, -0.05) is 6.07 Å². The van der Waals surface area contributed by atoms with Crippen LogP contribution in [0.15, 0.2) is 47.8 Å². The number of carbonyl (C=O) groups is 2. The largest absolute Gasteiger partial charge is 0.416 e. The molecule has 17 heteroatoms. The maximum atomic E-state index is 13.2. The Kier molecular flexibility index (Phi) is 8.67. The fourth-order valence-electron chi connectivity index (χ4n) is 5.08. The van der Waals surface area contributed by atoms with Crippen LogP contribution in [-0.2, 0) is 18.5 Å². The van der Waals surface area contributed by atoms with Crippen LogP contribution in [0.1, 0.15) is 37.5 Å². The molecule has 2 fully saturated rings. The minimum absolute atomic E-state index is 0.00319. The molecule has 2 aliphatic rings. The van der Waals surface area contributed by atoms with Gasteiger partial charge in [-0.3, -0.25) is 9.59 Å². The van der Waals surface area contributed by atoms with Gasteiger partial charge < -0.3 is 19.6 Å². The van der Waals surface area contributed by atoms with Gasteiger partial charge in [-0.05, 0) is 36.4 Å². The number of halogens is 9. The first kappa shape index (κ1) is 32.4. The first-order valence-electron chi connectivity index (χ1n) is 13.5. The monoisotopic (exact) mass is 665 g/mol. The SMILES string of the molecule is O=C(c1cc(C(F)(F)F)cc(C(F)(F)F)c1)N1CCN(c2nc(C(=O)N3CCN(c4cccc(C(F)(F)F)c4)CC3)cs2)CC1. The lowest BCUT2D eigenvalue weighted by molar-refractivity contribution is -0.143. The zero-order valence-electron chi connectivity index (χ0n) is 23.1. The van der Waals surface area contributed by atoms with E-state index in [-0.39, 0.29) is 56.9 Å². The normalized spacial score (nSPS) is 16.7. The summed E-state index contributed by atoms with van der Waals surface area (Å²) in [5.41, 5.74) is -4.07. The summed E-state index contributed by atoms with van der Waals surface area (Å²) in [4.78, 5) is 36.6. The van der Waals surface area contributed by atoms with Crippen molar-refractivity contribution in [3.63, 3.8) is 0 Å². The number of thiazole rings is 1. The Balaban J connectivity index is 1.18. The van der Waals surface area contributed by atoms with Crippen molar-refractivity contribution in [1.82, 2.24) is 14.8 Å². The Bertz CT molecular complexity index is 1520. The maximum absolute atomic E-state index is 13.2. The summed E-state index contributed by atoms with van der Waals surface area (Å²) >= 11 is 1.16. The molecule has 3 aromatic rings. The third-order valence-corrected chi connectivity index (χ3v) is 8.39. The van der Waals surface area contributed by atoms with Crippen LogP contribution in [0.2, 0.25) is 0 Å². The number of nitrogens with zero attached hydrogens (tertiary/aromatic N) is 5. The summed E-state index contributed by atoms with van der Waals surface area (Å²) in [6, 6.07) is 5.74. The molecule has 3 heterocycles. The van der Waals surface area contributed by atoms with Crippen LogP contribution in [-0.4, -0.2) is 79.0 Å². The van der Waals surface area contributed by atoms with Gasteiger partial charge in [0.2, 0.25) is 0 Å². The fourth-order valence-corrected chi connectivity index (χ4v) is 5.93. The van der Waals surface area contributed by atoms with E-state index in [9.17, 15) is 49.1 Å². The molecule has 0 atom stereocenters. The smallest absolute Gasteiger partial charge is 0.368 e. The molecular weight excluding hydrogens is 641 g/mol. The van der Waals surface area contributed by atoms with Gasteiger partial charge >= 0.3 is 18.5 Å². The van der Waals surface area contributed by atoms with Crippen molar-refractivity contribution in [2.75, 3.05) is 62.2 Å². The molecule has 1 aromatic heterocycles. The number of amides is 2. The van der Waals surface area contributed by atoms with Gasteiger partial charge in [-0.15, -0.1) is 11.3 Å². The highest BCUT2D eigenvalue weighted by molar-refractivity contribution is 7.13. The van der Waals surface area contributed by atoms with Gasteiger partial charge in [0.15, 0.2) is 5.13 Å². The number of anilines is 2. The lowest BCUT2D eigenvalue weighted by Crippen LogP contribution is -2.49. The van der Waals surface area contributed by atoms with Crippen molar-refractivity contribution >= 4 is 34.0 Å². The Labute approximate surface area is 254 Å². The summed E-state index contributed by atoms with van der Waals surface area (Å²) in [5, 5.41) is 2.00. The first-order valence-corrected chi connectivity index (χ1v) is 14.4. The lowest BCUT2D eigenvalue weighted by atomic mass is 10.0. The molecule has 0 radical (unpaired) electrons. The molecule has 0 saturated carbocycles. The van der Waals surface area contributed by atoms with E-state index in [0.29, 0.717) is 36.0 Å². The molecule has 2 saturated heterocycles. The van der Waals surface area contributed by atoms with Gasteiger partial charge in [-0.2, -0.15) is 39.5 Å².